The highest BCUT2D eigenvalue weighted by Crippen LogP contribution is 2.18. The fourth-order valence-electron chi connectivity index (χ4n) is 2.17. The summed E-state index contributed by atoms with van der Waals surface area (Å²) < 4.78 is 10.3. The molecular weight excluding hydrogens is 266 g/mol. The van der Waals surface area contributed by atoms with Gasteiger partial charge in [0.2, 0.25) is 0 Å². The Labute approximate surface area is 125 Å². The lowest BCUT2D eigenvalue weighted by molar-refractivity contribution is 0.0599. The highest BCUT2D eigenvalue weighted by Gasteiger charge is 2.15. The summed E-state index contributed by atoms with van der Waals surface area (Å²) in [5.74, 6) is 0.947. The smallest absolute Gasteiger partial charge is 0.341 e. The van der Waals surface area contributed by atoms with Crippen molar-refractivity contribution in [3.05, 3.63) is 58.5 Å². The largest absolute Gasteiger partial charge is 0.465 e. The van der Waals surface area contributed by atoms with Gasteiger partial charge in [-0.3, -0.25) is 0 Å². The molecule has 0 aliphatic carbocycles. The van der Waals surface area contributed by atoms with E-state index in [1.807, 2.05) is 0 Å². The second-order valence-electron chi connectivity index (χ2n) is 5.19. The van der Waals surface area contributed by atoms with E-state index >= 15 is 0 Å². The molecule has 1 heterocycles. The number of esters is 1. The SMILES string of the molecule is COC(=O)c1cc(CN[C@H](C)c2ccc(C)cc2)oc1C. The van der Waals surface area contributed by atoms with E-state index in [4.69, 9.17) is 9.15 Å². The van der Waals surface area contributed by atoms with Gasteiger partial charge in [0.25, 0.3) is 0 Å². The summed E-state index contributed by atoms with van der Waals surface area (Å²) in [6, 6.07) is 10.4. The van der Waals surface area contributed by atoms with Crippen molar-refractivity contribution in [3.8, 4) is 0 Å². The fourth-order valence-corrected chi connectivity index (χ4v) is 2.17. The van der Waals surface area contributed by atoms with Crippen LogP contribution in [0.1, 0.15) is 46.0 Å². The normalized spacial score (nSPS) is 12.2. The number of aryl methyl sites for hydroxylation is 2. The third-order valence-electron chi connectivity index (χ3n) is 3.53. The zero-order chi connectivity index (χ0) is 15.4. The van der Waals surface area contributed by atoms with Crippen LogP contribution in [-0.2, 0) is 11.3 Å². The Morgan fingerprint density at radius 3 is 2.57 bits per heavy atom. The van der Waals surface area contributed by atoms with Gasteiger partial charge in [0.1, 0.15) is 17.1 Å². The van der Waals surface area contributed by atoms with E-state index in [-0.39, 0.29) is 12.0 Å². The highest BCUT2D eigenvalue weighted by atomic mass is 16.5. The summed E-state index contributed by atoms with van der Waals surface area (Å²) in [5.41, 5.74) is 2.95. The third kappa shape index (κ3) is 3.73. The van der Waals surface area contributed by atoms with Gasteiger partial charge in [-0.15, -0.1) is 0 Å². The standard InChI is InChI=1S/C17H21NO3/c1-11-5-7-14(8-6-11)12(2)18-10-15-9-16(13(3)21-15)17(19)20-4/h5-9,12,18H,10H2,1-4H3/t12-/m1/s1. The van der Waals surface area contributed by atoms with Crippen LogP contribution in [0.4, 0.5) is 0 Å². The van der Waals surface area contributed by atoms with Gasteiger partial charge in [0.05, 0.1) is 13.7 Å². The molecule has 0 saturated heterocycles. The van der Waals surface area contributed by atoms with Crippen LogP contribution >= 0.6 is 0 Å². The number of benzene rings is 1. The average molecular weight is 287 g/mol. The van der Waals surface area contributed by atoms with Crippen LogP contribution in [0.3, 0.4) is 0 Å². The highest BCUT2D eigenvalue weighted by molar-refractivity contribution is 5.90. The molecule has 0 bridgehead atoms. The molecule has 1 aromatic carbocycles. The maximum atomic E-state index is 11.5. The van der Waals surface area contributed by atoms with Gasteiger partial charge in [-0.05, 0) is 32.4 Å². The fraction of sp³-hybridized carbons (Fsp3) is 0.353. The quantitative estimate of drug-likeness (QED) is 0.855. The van der Waals surface area contributed by atoms with E-state index in [9.17, 15) is 4.79 Å². The lowest BCUT2D eigenvalue weighted by Gasteiger charge is -2.13. The zero-order valence-electron chi connectivity index (χ0n) is 12.9. The molecule has 0 unspecified atom stereocenters. The molecule has 112 valence electrons. The number of carbonyl (C=O) groups excluding carboxylic acids is 1. The van der Waals surface area contributed by atoms with Crippen molar-refractivity contribution < 1.29 is 13.9 Å². The number of ether oxygens (including phenoxy) is 1. The molecule has 2 rings (SSSR count). The van der Waals surface area contributed by atoms with Gasteiger partial charge in [-0.2, -0.15) is 0 Å². The van der Waals surface area contributed by atoms with E-state index in [1.165, 1.54) is 18.2 Å². The second kappa shape index (κ2) is 6.59. The number of methoxy groups -OCH3 is 1. The Morgan fingerprint density at radius 1 is 1.29 bits per heavy atom. The summed E-state index contributed by atoms with van der Waals surface area (Å²) in [5, 5.41) is 3.39. The molecule has 1 N–H and O–H groups in total. The van der Waals surface area contributed by atoms with Crippen molar-refractivity contribution in [1.29, 1.82) is 0 Å². The van der Waals surface area contributed by atoms with Gasteiger partial charge in [0, 0.05) is 6.04 Å². The lowest BCUT2D eigenvalue weighted by Crippen LogP contribution is -2.17. The van der Waals surface area contributed by atoms with E-state index in [2.05, 4.69) is 43.4 Å². The van der Waals surface area contributed by atoms with Gasteiger partial charge in [-0.25, -0.2) is 4.79 Å². The number of rotatable bonds is 5. The molecule has 1 atom stereocenters. The lowest BCUT2D eigenvalue weighted by atomic mass is 10.1. The van der Waals surface area contributed by atoms with Crippen molar-refractivity contribution in [3.63, 3.8) is 0 Å². The molecule has 0 aliphatic rings. The summed E-state index contributed by atoms with van der Waals surface area (Å²) in [6.45, 7) is 6.50. The maximum absolute atomic E-state index is 11.5. The third-order valence-corrected chi connectivity index (χ3v) is 3.53. The van der Waals surface area contributed by atoms with Crippen molar-refractivity contribution in [2.24, 2.45) is 0 Å². The number of furan rings is 1. The van der Waals surface area contributed by atoms with Gasteiger partial charge < -0.3 is 14.5 Å². The molecule has 21 heavy (non-hydrogen) atoms. The Bertz CT molecular complexity index is 613. The van der Waals surface area contributed by atoms with Crippen LogP contribution in [0, 0.1) is 13.8 Å². The van der Waals surface area contributed by atoms with Gasteiger partial charge >= 0.3 is 5.97 Å². The predicted molar refractivity (Wildman–Crippen MR) is 81.2 cm³/mol. The van der Waals surface area contributed by atoms with Crippen LogP contribution in [-0.4, -0.2) is 13.1 Å². The van der Waals surface area contributed by atoms with E-state index in [0.717, 1.165) is 5.76 Å². The zero-order valence-corrected chi connectivity index (χ0v) is 12.9. The molecule has 0 aliphatic heterocycles. The average Bonchev–Trinajstić information content (AvgIpc) is 2.86. The molecular formula is C17H21NO3. The first-order chi connectivity index (χ1) is 10.0. The van der Waals surface area contributed by atoms with Crippen LogP contribution in [0.2, 0.25) is 0 Å². The maximum Gasteiger partial charge on any atom is 0.341 e. The Kier molecular flexibility index (Phi) is 4.81. The number of carbonyl (C=O) groups is 1. The number of hydrogen-bond acceptors (Lipinski definition) is 4. The number of nitrogens with one attached hydrogen (secondary N) is 1. The topological polar surface area (TPSA) is 51.5 Å². The summed E-state index contributed by atoms with van der Waals surface area (Å²) in [4.78, 5) is 11.5. The Hall–Kier alpha value is -2.07. The molecule has 0 spiro atoms. The molecule has 4 heteroatoms. The van der Waals surface area contributed by atoms with E-state index in [1.54, 1.807) is 13.0 Å². The van der Waals surface area contributed by atoms with Crippen LogP contribution < -0.4 is 5.32 Å². The first kappa shape index (κ1) is 15.3. The minimum absolute atomic E-state index is 0.206. The van der Waals surface area contributed by atoms with Crippen molar-refractivity contribution >= 4 is 5.97 Å². The van der Waals surface area contributed by atoms with Crippen molar-refractivity contribution in [2.75, 3.05) is 7.11 Å². The molecule has 0 saturated carbocycles. The molecule has 4 nitrogen and oxygen atoms in total. The van der Waals surface area contributed by atoms with Crippen LogP contribution in [0.25, 0.3) is 0 Å². The second-order valence-corrected chi connectivity index (χ2v) is 5.19. The summed E-state index contributed by atoms with van der Waals surface area (Å²) in [7, 11) is 1.37. The first-order valence-electron chi connectivity index (χ1n) is 6.99. The predicted octanol–water partition coefficient (Wildman–Crippen LogP) is 3.53. The van der Waals surface area contributed by atoms with E-state index < -0.39 is 0 Å². The van der Waals surface area contributed by atoms with Crippen LogP contribution in [0.5, 0.6) is 0 Å². The first-order valence-corrected chi connectivity index (χ1v) is 6.99. The summed E-state index contributed by atoms with van der Waals surface area (Å²) in [6.07, 6.45) is 0. The molecule has 0 fully saturated rings. The van der Waals surface area contributed by atoms with Crippen LogP contribution in [0.15, 0.2) is 34.7 Å². The Balaban J connectivity index is 1.99. The van der Waals surface area contributed by atoms with Crippen molar-refractivity contribution in [1.82, 2.24) is 5.32 Å². The van der Waals surface area contributed by atoms with Gasteiger partial charge in [-0.1, -0.05) is 29.8 Å². The molecule has 1 aromatic heterocycles. The Morgan fingerprint density at radius 2 is 1.95 bits per heavy atom. The molecule has 2 aromatic rings. The number of hydrogen-bond donors (Lipinski definition) is 1. The monoisotopic (exact) mass is 287 g/mol. The molecule has 0 radical (unpaired) electrons. The minimum Gasteiger partial charge on any atom is -0.465 e. The van der Waals surface area contributed by atoms with Crippen molar-refractivity contribution in [2.45, 2.75) is 33.4 Å². The summed E-state index contributed by atoms with van der Waals surface area (Å²) >= 11 is 0. The molecule has 0 amide bonds. The van der Waals surface area contributed by atoms with E-state index in [0.29, 0.717) is 17.9 Å². The van der Waals surface area contributed by atoms with Gasteiger partial charge in [0.15, 0.2) is 0 Å². The minimum atomic E-state index is -0.367.